The quantitative estimate of drug-likeness (QED) is 0.710. The summed E-state index contributed by atoms with van der Waals surface area (Å²) in [5.74, 6) is 0.540. The molecule has 0 aliphatic heterocycles. The van der Waals surface area contributed by atoms with Crippen molar-refractivity contribution in [2.24, 2.45) is 5.92 Å². The van der Waals surface area contributed by atoms with Gasteiger partial charge in [-0.15, -0.1) is 0 Å². The molecule has 3 heteroatoms. The van der Waals surface area contributed by atoms with E-state index in [1.807, 2.05) is 31.2 Å². The summed E-state index contributed by atoms with van der Waals surface area (Å²) in [4.78, 5) is 11.2. The van der Waals surface area contributed by atoms with Gasteiger partial charge in [-0.05, 0) is 24.1 Å². The largest absolute Gasteiger partial charge is 0.497 e. The van der Waals surface area contributed by atoms with Crippen molar-refractivity contribution in [3.8, 4) is 5.75 Å². The zero-order valence-electron chi connectivity index (χ0n) is 9.32. The average molecular weight is 208 g/mol. The summed E-state index contributed by atoms with van der Waals surface area (Å²) in [6.45, 7) is 1.86. The fourth-order valence-electron chi connectivity index (χ4n) is 1.40. The SMILES string of the molecule is COC(=O)[C@H](C)Cc1ccc(OC)cc1. The first kappa shape index (κ1) is 11.6. The molecule has 0 fully saturated rings. The van der Waals surface area contributed by atoms with E-state index in [0.717, 1.165) is 11.3 Å². The Kier molecular flexibility index (Phi) is 4.16. The first-order chi connectivity index (χ1) is 7.17. The van der Waals surface area contributed by atoms with Gasteiger partial charge in [0.2, 0.25) is 0 Å². The zero-order chi connectivity index (χ0) is 11.3. The van der Waals surface area contributed by atoms with Crippen LogP contribution in [-0.2, 0) is 16.0 Å². The normalized spacial score (nSPS) is 11.9. The Hall–Kier alpha value is -1.51. The molecule has 0 aromatic heterocycles. The van der Waals surface area contributed by atoms with Crippen LogP contribution in [0.5, 0.6) is 5.75 Å². The molecule has 1 atom stereocenters. The Balaban J connectivity index is 2.60. The van der Waals surface area contributed by atoms with Crippen molar-refractivity contribution in [2.45, 2.75) is 13.3 Å². The molecule has 1 aromatic rings. The minimum atomic E-state index is -0.175. The molecule has 0 saturated heterocycles. The number of rotatable bonds is 4. The van der Waals surface area contributed by atoms with E-state index in [4.69, 9.17) is 4.74 Å². The summed E-state index contributed by atoms with van der Waals surface area (Å²) < 4.78 is 9.72. The smallest absolute Gasteiger partial charge is 0.308 e. The number of esters is 1. The van der Waals surface area contributed by atoms with Crippen LogP contribution >= 0.6 is 0 Å². The van der Waals surface area contributed by atoms with E-state index in [2.05, 4.69) is 4.74 Å². The Labute approximate surface area is 90.0 Å². The number of ether oxygens (including phenoxy) is 2. The number of methoxy groups -OCH3 is 2. The molecule has 0 radical (unpaired) electrons. The molecule has 0 heterocycles. The monoisotopic (exact) mass is 208 g/mol. The van der Waals surface area contributed by atoms with Gasteiger partial charge in [-0.2, -0.15) is 0 Å². The first-order valence-corrected chi connectivity index (χ1v) is 4.88. The van der Waals surface area contributed by atoms with Gasteiger partial charge in [0.1, 0.15) is 5.75 Å². The third-order valence-electron chi connectivity index (χ3n) is 2.30. The summed E-state index contributed by atoms with van der Waals surface area (Å²) in [6, 6.07) is 7.69. The van der Waals surface area contributed by atoms with Crippen molar-refractivity contribution in [2.75, 3.05) is 14.2 Å². The molecule has 15 heavy (non-hydrogen) atoms. The van der Waals surface area contributed by atoms with Crippen molar-refractivity contribution in [1.82, 2.24) is 0 Å². The van der Waals surface area contributed by atoms with E-state index in [-0.39, 0.29) is 11.9 Å². The fraction of sp³-hybridized carbons (Fsp3) is 0.417. The number of carbonyl (C=O) groups excluding carboxylic acids is 1. The molecular formula is C12H16O3. The maximum absolute atomic E-state index is 11.2. The maximum Gasteiger partial charge on any atom is 0.308 e. The number of benzene rings is 1. The van der Waals surface area contributed by atoms with Crippen molar-refractivity contribution in [3.63, 3.8) is 0 Å². The molecule has 0 unspecified atom stereocenters. The van der Waals surface area contributed by atoms with Crippen LogP contribution in [0.2, 0.25) is 0 Å². The molecule has 1 aromatic carbocycles. The van der Waals surface area contributed by atoms with Crippen molar-refractivity contribution in [3.05, 3.63) is 29.8 Å². The van der Waals surface area contributed by atoms with Gasteiger partial charge in [0, 0.05) is 0 Å². The lowest BCUT2D eigenvalue weighted by atomic mass is 10.0. The van der Waals surface area contributed by atoms with E-state index in [0.29, 0.717) is 6.42 Å². The molecule has 0 spiro atoms. The highest BCUT2D eigenvalue weighted by molar-refractivity contribution is 5.72. The van der Waals surface area contributed by atoms with E-state index in [9.17, 15) is 4.79 Å². The lowest BCUT2D eigenvalue weighted by Crippen LogP contribution is -2.14. The molecule has 3 nitrogen and oxygen atoms in total. The summed E-state index contributed by atoms with van der Waals surface area (Å²) in [5.41, 5.74) is 1.11. The summed E-state index contributed by atoms with van der Waals surface area (Å²) in [7, 11) is 3.04. The van der Waals surface area contributed by atoms with Crippen LogP contribution in [0.25, 0.3) is 0 Å². The van der Waals surface area contributed by atoms with Crippen molar-refractivity contribution >= 4 is 5.97 Å². The summed E-state index contributed by atoms with van der Waals surface area (Å²) in [6.07, 6.45) is 0.691. The van der Waals surface area contributed by atoms with Crippen LogP contribution in [0.15, 0.2) is 24.3 Å². The molecule has 0 bridgehead atoms. The van der Waals surface area contributed by atoms with Gasteiger partial charge < -0.3 is 9.47 Å². The van der Waals surface area contributed by atoms with E-state index >= 15 is 0 Å². The molecule has 0 aliphatic rings. The third-order valence-corrected chi connectivity index (χ3v) is 2.30. The highest BCUT2D eigenvalue weighted by Crippen LogP contribution is 2.15. The lowest BCUT2D eigenvalue weighted by molar-refractivity contribution is -0.144. The summed E-state index contributed by atoms with van der Waals surface area (Å²) >= 11 is 0. The second kappa shape index (κ2) is 5.39. The predicted octanol–water partition coefficient (Wildman–Crippen LogP) is 2.05. The van der Waals surface area contributed by atoms with Crippen LogP contribution in [-0.4, -0.2) is 20.2 Å². The first-order valence-electron chi connectivity index (χ1n) is 4.88. The third kappa shape index (κ3) is 3.27. The van der Waals surface area contributed by atoms with Gasteiger partial charge in [-0.25, -0.2) is 0 Å². The van der Waals surface area contributed by atoms with Crippen LogP contribution < -0.4 is 4.74 Å². The standard InChI is InChI=1S/C12H16O3/c1-9(12(13)15-3)8-10-4-6-11(14-2)7-5-10/h4-7,9H,8H2,1-3H3/t9-/m1/s1. The van der Waals surface area contributed by atoms with Gasteiger partial charge in [-0.3, -0.25) is 4.79 Å². The van der Waals surface area contributed by atoms with Crippen molar-refractivity contribution in [1.29, 1.82) is 0 Å². The van der Waals surface area contributed by atoms with Gasteiger partial charge in [-0.1, -0.05) is 19.1 Å². The van der Waals surface area contributed by atoms with Crippen LogP contribution in [0.1, 0.15) is 12.5 Å². The lowest BCUT2D eigenvalue weighted by Gasteiger charge is -2.09. The Bertz CT molecular complexity index is 316. The number of hydrogen-bond donors (Lipinski definition) is 0. The molecule has 82 valence electrons. The molecule has 0 N–H and O–H groups in total. The second-order valence-electron chi connectivity index (χ2n) is 3.48. The van der Waals surface area contributed by atoms with Gasteiger partial charge >= 0.3 is 5.97 Å². The van der Waals surface area contributed by atoms with Crippen LogP contribution in [0.4, 0.5) is 0 Å². The van der Waals surface area contributed by atoms with E-state index < -0.39 is 0 Å². The van der Waals surface area contributed by atoms with Crippen LogP contribution in [0, 0.1) is 5.92 Å². The van der Waals surface area contributed by atoms with Crippen molar-refractivity contribution < 1.29 is 14.3 Å². The topological polar surface area (TPSA) is 35.5 Å². The van der Waals surface area contributed by atoms with E-state index in [1.165, 1.54) is 7.11 Å². The molecule has 0 aliphatic carbocycles. The zero-order valence-corrected chi connectivity index (χ0v) is 9.32. The van der Waals surface area contributed by atoms with Gasteiger partial charge in [0.25, 0.3) is 0 Å². The summed E-state index contributed by atoms with van der Waals surface area (Å²) in [5, 5.41) is 0. The predicted molar refractivity (Wildman–Crippen MR) is 57.9 cm³/mol. The molecular weight excluding hydrogens is 192 g/mol. The highest BCUT2D eigenvalue weighted by Gasteiger charge is 2.13. The minimum Gasteiger partial charge on any atom is -0.497 e. The number of hydrogen-bond acceptors (Lipinski definition) is 3. The second-order valence-corrected chi connectivity index (χ2v) is 3.48. The molecule has 1 rings (SSSR count). The van der Waals surface area contributed by atoms with Gasteiger partial charge in [0.15, 0.2) is 0 Å². The van der Waals surface area contributed by atoms with Gasteiger partial charge in [0.05, 0.1) is 20.1 Å². The fourth-order valence-corrected chi connectivity index (χ4v) is 1.40. The molecule has 0 saturated carbocycles. The van der Waals surface area contributed by atoms with Crippen LogP contribution in [0.3, 0.4) is 0 Å². The Morgan fingerprint density at radius 2 is 1.87 bits per heavy atom. The van der Waals surface area contributed by atoms with E-state index in [1.54, 1.807) is 7.11 Å². The number of carbonyl (C=O) groups is 1. The molecule has 0 amide bonds. The Morgan fingerprint density at radius 3 is 2.33 bits per heavy atom. The highest BCUT2D eigenvalue weighted by atomic mass is 16.5. The Morgan fingerprint density at radius 1 is 1.27 bits per heavy atom. The average Bonchev–Trinajstić information content (AvgIpc) is 2.29. The minimum absolute atomic E-state index is 0.108. The maximum atomic E-state index is 11.2.